The Hall–Kier alpha value is -0.900. The molecule has 1 atom stereocenters. The van der Waals surface area contributed by atoms with Crippen molar-refractivity contribution in [2.24, 2.45) is 0 Å². The summed E-state index contributed by atoms with van der Waals surface area (Å²) in [4.78, 5) is 0. The van der Waals surface area contributed by atoms with Gasteiger partial charge in [0.15, 0.2) is 0 Å². The topological polar surface area (TPSA) is 20.2 Å². The van der Waals surface area contributed by atoms with E-state index in [2.05, 4.69) is 0 Å². The maximum Gasteiger partial charge on any atom is 0.124 e. The Morgan fingerprint density at radius 2 is 2.19 bits per heavy atom. The molecule has 0 radical (unpaired) electrons. The molecule has 4 heteroatoms. The van der Waals surface area contributed by atoms with Crippen molar-refractivity contribution in [3.8, 4) is 0 Å². The van der Waals surface area contributed by atoms with Gasteiger partial charge < -0.3 is 5.11 Å². The van der Waals surface area contributed by atoms with E-state index in [-0.39, 0.29) is 5.02 Å². The highest BCUT2D eigenvalue weighted by Gasteiger charge is 2.13. The zero-order valence-corrected chi connectivity index (χ0v) is 9.93. The van der Waals surface area contributed by atoms with Crippen molar-refractivity contribution < 1.29 is 9.50 Å². The van der Waals surface area contributed by atoms with Gasteiger partial charge in [-0.3, -0.25) is 0 Å². The van der Waals surface area contributed by atoms with E-state index >= 15 is 0 Å². The van der Waals surface area contributed by atoms with Gasteiger partial charge in [0.1, 0.15) is 5.82 Å². The van der Waals surface area contributed by atoms with Crippen LogP contribution in [0.15, 0.2) is 35.0 Å². The van der Waals surface area contributed by atoms with Crippen LogP contribution in [0.4, 0.5) is 4.39 Å². The summed E-state index contributed by atoms with van der Waals surface area (Å²) in [6.07, 6.45) is -0.197. The van der Waals surface area contributed by atoms with Gasteiger partial charge in [0, 0.05) is 11.4 Å². The second-order valence-corrected chi connectivity index (χ2v) is 4.70. The van der Waals surface area contributed by atoms with Crippen LogP contribution in [-0.4, -0.2) is 5.11 Å². The number of aliphatic hydroxyl groups excluding tert-OH is 1. The van der Waals surface area contributed by atoms with E-state index in [0.717, 1.165) is 5.56 Å². The van der Waals surface area contributed by atoms with Crippen LogP contribution in [0.1, 0.15) is 17.2 Å². The molecule has 0 amide bonds. The van der Waals surface area contributed by atoms with Gasteiger partial charge in [-0.1, -0.05) is 17.7 Å². The largest absolute Gasteiger partial charge is 0.388 e. The number of rotatable bonds is 3. The lowest BCUT2D eigenvalue weighted by molar-refractivity contribution is 0.178. The summed E-state index contributed by atoms with van der Waals surface area (Å²) >= 11 is 7.45. The molecule has 0 aliphatic heterocycles. The Labute approximate surface area is 102 Å². The first-order valence-electron chi connectivity index (χ1n) is 4.81. The molecule has 1 heterocycles. The molecule has 1 nitrogen and oxygen atoms in total. The van der Waals surface area contributed by atoms with Gasteiger partial charge >= 0.3 is 0 Å². The van der Waals surface area contributed by atoms with E-state index in [1.165, 1.54) is 18.2 Å². The Morgan fingerprint density at radius 1 is 1.38 bits per heavy atom. The van der Waals surface area contributed by atoms with E-state index in [1.807, 2.05) is 16.8 Å². The molecule has 0 saturated carbocycles. The molecule has 2 rings (SSSR count). The first-order chi connectivity index (χ1) is 7.66. The Kier molecular flexibility index (Phi) is 3.59. The predicted octanol–water partition coefficient (Wildman–Crippen LogP) is 3.82. The van der Waals surface area contributed by atoms with Crippen LogP contribution < -0.4 is 0 Å². The molecule has 0 aliphatic rings. The van der Waals surface area contributed by atoms with Gasteiger partial charge in [-0.25, -0.2) is 4.39 Å². The molecule has 0 spiro atoms. The lowest BCUT2D eigenvalue weighted by Crippen LogP contribution is -2.02. The fraction of sp³-hybridized carbons (Fsp3) is 0.167. The van der Waals surface area contributed by atoms with Crippen LogP contribution in [0.2, 0.25) is 5.02 Å². The Morgan fingerprint density at radius 3 is 2.81 bits per heavy atom. The van der Waals surface area contributed by atoms with Crippen molar-refractivity contribution in [3.05, 3.63) is 57.0 Å². The second kappa shape index (κ2) is 4.95. The second-order valence-electron chi connectivity index (χ2n) is 3.52. The molecule has 0 bridgehead atoms. The summed E-state index contributed by atoms with van der Waals surface area (Å²) in [6, 6.07) is 5.99. The molecule has 2 aromatic rings. The summed E-state index contributed by atoms with van der Waals surface area (Å²) in [5.74, 6) is -0.392. The Balaban J connectivity index is 2.17. The normalized spacial score (nSPS) is 12.7. The number of hydrogen-bond donors (Lipinski definition) is 1. The van der Waals surface area contributed by atoms with Gasteiger partial charge in [-0.15, -0.1) is 0 Å². The van der Waals surface area contributed by atoms with Gasteiger partial charge in [-0.05, 0) is 40.1 Å². The SMILES string of the molecule is OC(Cc1ccsc1)c1ccc(F)cc1Cl. The molecule has 1 N–H and O–H groups in total. The summed E-state index contributed by atoms with van der Waals surface area (Å²) in [7, 11) is 0. The van der Waals surface area contributed by atoms with E-state index < -0.39 is 11.9 Å². The monoisotopic (exact) mass is 256 g/mol. The van der Waals surface area contributed by atoms with Crippen molar-refractivity contribution in [2.45, 2.75) is 12.5 Å². The number of aliphatic hydroxyl groups is 1. The van der Waals surface area contributed by atoms with Crippen molar-refractivity contribution in [2.75, 3.05) is 0 Å². The molecule has 1 aromatic carbocycles. The van der Waals surface area contributed by atoms with Crippen LogP contribution in [0.25, 0.3) is 0 Å². The smallest absolute Gasteiger partial charge is 0.124 e. The standard InChI is InChI=1S/C12H10ClFOS/c13-11-6-9(14)1-2-10(11)12(15)5-8-3-4-16-7-8/h1-4,6-7,12,15H,5H2. The molecule has 84 valence electrons. The third-order valence-electron chi connectivity index (χ3n) is 2.33. The van der Waals surface area contributed by atoms with Gasteiger partial charge in [0.2, 0.25) is 0 Å². The minimum atomic E-state index is -0.692. The molecular formula is C12H10ClFOS. The van der Waals surface area contributed by atoms with Crippen molar-refractivity contribution in [1.29, 1.82) is 0 Å². The third-order valence-corrected chi connectivity index (χ3v) is 3.39. The highest BCUT2D eigenvalue weighted by Crippen LogP contribution is 2.26. The van der Waals surface area contributed by atoms with Gasteiger partial charge in [-0.2, -0.15) is 11.3 Å². The maximum absolute atomic E-state index is 12.8. The summed E-state index contributed by atoms with van der Waals surface area (Å²) in [5.41, 5.74) is 1.62. The number of halogens is 2. The minimum Gasteiger partial charge on any atom is -0.388 e. The maximum atomic E-state index is 12.8. The fourth-order valence-electron chi connectivity index (χ4n) is 1.51. The summed E-state index contributed by atoms with van der Waals surface area (Å²) in [6.45, 7) is 0. The highest BCUT2D eigenvalue weighted by molar-refractivity contribution is 7.07. The molecule has 16 heavy (non-hydrogen) atoms. The van der Waals surface area contributed by atoms with Crippen LogP contribution in [-0.2, 0) is 6.42 Å². The number of benzene rings is 1. The lowest BCUT2D eigenvalue weighted by Gasteiger charge is -2.11. The number of hydrogen-bond acceptors (Lipinski definition) is 2. The first-order valence-corrected chi connectivity index (χ1v) is 6.13. The third kappa shape index (κ3) is 2.61. The van der Waals surface area contributed by atoms with Crippen LogP contribution >= 0.6 is 22.9 Å². The zero-order valence-electron chi connectivity index (χ0n) is 8.36. The van der Waals surface area contributed by atoms with Crippen molar-refractivity contribution >= 4 is 22.9 Å². The minimum absolute atomic E-state index is 0.266. The zero-order chi connectivity index (χ0) is 11.5. The van der Waals surface area contributed by atoms with E-state index in [4.69, 9.17) is 11.6 Å². The van der Waals surface area contributed by atoms with E-state index in [0.29, 0.717) is 12.0 Å². The average molecular weight is 257 g/mol. The lowest BCUT2D eigenvalue weighted by atomic mass is 10.0. The molecule has 1 aromatic heterocycles. The molecule has 1 unspecified atom stereocenters. The number of thiophene rings is 1. The van der Waals surface area contributed by atoms with Gasteiger partial charge in [0.05, 0.1) is 6.10 Å². The molecule has 0 saturated heterocycles. The van der Waals surface area contributed by atoms with Crippen LogP contribution in [0.3, 0.4) is 0 Å². The fourth-order valence-corrected chi connectivity index (χ4v) is 2.49. The quantitative estimate of drug-likeness (QED) is 0.885. The van der Waals surface area contributed by atoms with E-state index in [1.54, 1.807) is 11.3 Å². The highest BCUT2D eigenvalue weighted by atomic mass is 35.5. The summed E-state index contributed by atoms with van der Waals surface area (Å²) < 4.78 is 12.8. The molecule has 0 aliphatic carbocycles. The van der Waals surface area contributed by atoms with Crippen LogP contribution in [0.5, 0.6) is 0 Å². The van der Waals surface area contributed by atoms with E-state index in [9.17, 15) is 9.50 Å². The molecular weight excluding hydrogens is 247 g/mol. The van der Waals surface area contributed by atoms with Crippen LogP contribution in [0, 0.1) is 5.82 Å². The first kappa shape index (κ1) is 11.6. The predicted molar refractivity (Wildman–Crippen MR) is 64.4 cm³/mol. The van der Waals surface area contributed by atoms with Crippen molar-refractivity contribution in [3.63, 3.8) is 0 Å². The average Bonchev–Trinajstić information content (AvgIpc) is 2.70. The Bertz CT molecular complexity index is 470. The van der Waals surface area contributed by atoms with Gasteiger partial charge in [0.25, 0.3) is 0 Å². The van der Waals surface area contributed by atoms with Crippen molar-refractivity contribution in [1.82, 2.24) is 0 Å². The summed E-state index contributed by atoms with van der Waals surface area (Å²) in [5, 5.41) is 14.2. The molecule has 0 fully saturated rings.